The third-order valence-corrected chi connectivity index (χ3v) is 4.21. The van der Waals surface area contributed by atoms with Crippen LogP contribution in [0.15, 0.2) is 34.7 Å². The van der Waals surface area contributed by atoms with Gasteiger partial charge in [0.1, 0.15) is 0 Å². The van der Waals surface area contributed by atoms with Crippen LogP contribution in [-0.2, 0) is 6.42 Å². The maximum absolute atomic E-state index is 12.6. The van der Waals surface area contributed by atoms with Crippen LogP contribution in [0.5, 0.6) is 0 Å². The summed E-state index contributed by atoms with van der Waals surface area (Å²) < 4.78 is 5.58. The summed E-state index contributed by atoms with van der Waals surface area (Å²) in [7, 11) is 0. The first-order valence-electron chi connectivity index (χ1n) is 7.95. The number of piperidine rings is 1. The number of nitrogens with zero attached hydrogens (tertiary/aromatic N) is 3. The Labute approximate surface area is 130 Å². The molecule has 0 aliphatic carbocycles. The summed E-state index contributed by atoms with van der Waals surface area (Å²) in [6, 6.07) is 10.2. The van der Waals surface area contributed by atoms with E-state index in [1.165, 1.54) is 6.42 Å². The number of benzene rings is 1. The summed E-state index contributed by atoms with van der Waals surface area (Å²) in [5.41, 5.74) is 1.09. The topological polar surface area (TPSA) is 59.2 Å². The Hall–Kier alpha value is -2.17. The number of rotatable bonds is 4. The minimum Gasteiger partial charge on any atom is -0.417 e. The maximum atomic E-state index is 12.6. The molecule has 1 atom stereocenters. The molecule has 1 aromatic heterocycles. The first kappa shape index (κ1) is 14.8. The number of hydrogen-bond donors (Lipinski definition) is 0. The molecule has 2 heterocycles. The molecule has 1 saturated heterocycles. The lowest BCUT2D eigenvalue weighted by molar-refractivity contribution is 0.0565. The van der Waals surface area contributed by atoms with Crippen LogP contribution in [0.2, 0.25) is 0 Å². The number of carbonyl (C=O) groups excluding carboxylic acids is 1. The second-order valence-electron chi connectivity index (χ2n) is 5.72. The molecule has 0 bridgehead atoms. The van der Waals surface area contributed by atoms with Crippen molar-refractivity contribution in [2.45, 2.75) is 45.1 Å². The Morgan fingerprint density at radius 2 is 2.09 bits per heavy atom. The molecular formula is C17H21N3O2. The van der Waals surface area contributed by atoms with Crippen molar-refractivity contribution in [2.24, 2.45) is 0 Å². The van der Waals surface area contributed by atoms with Gasteiger partial charge in [-0.2, -0.15) is 0 Å². The first-order chi connectivity index (χ1) is 10.8. The summed E-state index contributed by atoms with van der Waals surface area (Å²) in [5.74, 6) is 0.476. The van der Waals surface area contributed by atoms with E-state index in [0.29, 0.717) is 18.4 Å². The zero-order chi connectivity index (χ0) is 15.4. The van der Waals surface area contributed by atoms with Gasteiger partial charge in [0.05, 0.1) is 6.42 Å². The molecule has 0 N–H and O–H groups in total. The number of aromatic nitrogens is 2. The van der Waals surface area contributed by atoms with E-state index in [0.717, 1.165) is 31.4 Å². The monoisotopic (exact) mass is 299 g/mol. The van der Waals surface area contributed by atoms with Crippen LogP contribution >= 0.6 is 0 Å². The van der Waals surface area contributed by atoms with E-state index >= 15 is 0 Å². The molecule has 5 nitrogen and oxygen atoms in total. The highest BCUT2D eigenvalue weighted by Crippen LogP contribution is 2.21. The van der Waals surface area contributed by atoms with Gasteiger partial charge >= 0.3 is 11.8 Å². The molecule has 1 aliphatic rings. The van der Waals surface area contributed by atoms with Crippen LogP contribution in [0, 0.1) is 0 Å². The zero-order valence-electron chi connectivity index (χ0n) is 12.9. The normalized spacial score (nSPS) is 18.4. The SMILES string of the molecule is CCC1CCCCN1C(=O)c1nnc(Cc2ccccc2)o1. The van der Waals surface area contributed by atoms with E-state index < -0.39 is 0 Å². The van der Waals surface area contributed by atoms with Crippen molar-refractivity contribution in [3.8, 4) is 0 Å². The Balaban J connectivity index is 1.71. The number of hydrogen-bond acceptors (Lipinski definition) is 4. The van der Waals surface area contributed by atoms with Gasteiger partial charge in [0.2, 0.25) is 5.89 Å². The van der Waals surface area contributed by atoms with Crippen molar-refractivity contribution >= 4 is 5.91 Å². The number of carbonyl (C=O) groups is 1. The molecule has 22 heavy (non-hydrogen) atoms. The maximum Gasteiger partial charge on any atom is 0.311 e. The quantitative estimate of drug-likeness (QED) is 0.870. The Morgan fingerprint density at radius 3 is 2.86 bits per heavy atom. The predicted molar refractivity (Wildman–Crippen MR) is 82.5 cm³/mol. The summed E-state index contributed by atoms with van der Waals surface area (Å²) in [5, 5.41) is 7.96. The molecule has 1 fully saturated rings. The molecule has 1 aliphatic heterocycles. The van der Waals surface area contributed by atoms with E-state index in [2.05, 4.69) is 17.1 Å². The Bertz CT molecular complexity index is 624. The van der Waals surface area contributed by atoms with Gasteiger partial charge in [-0.1, -0.05) is 37.3 Å². The molecule has 1 amide bonds. The van der Waals surface area contributed by atoms with E-state index in [9.17, 15) is 4.79 Å². The molecule has 1 unspecified atom stereocenters. The van der Waals surface area contributed by atoms with Crippen LogP contribution in [0.3, 0.4) is 0 Å². The lowest BCUT2D eigenvalue weighted by Crippen LogP contribution is -2.43. The van der Waals surface area contributed by atoms with Gasteiger partial charge < -0.3 is 9.32 Å². The summed E-state index contributed by atoms with van der Waals surface area (Å²) >= 11 is 0. The van der Waals surface area contributed by atoms with Gasteiger partial charge in [0.25, 0.3) is 0 Å². The number of amides is 1. The van der Waals surface area contributed by atoms with E-state index in [-0.39, 0.29) is 11.8 Å². The highest BCUT2D eigenvalue weighted by molar-refractivity contribution is 5.89. The molecular weight excluding hydrogens is 278 g/mol. The average Bonchev–Trinajstić information content (AvgIpc) is 3.03. The zero-order valence-corrected chi connectivity index (χ0v) is 12.9. The van der Waals surface area contributed by atoms with Crippen molar-refractivity contribution in [1.82, 2.24) is 15.1 Å². The van der Waals surface area contributed by atoms with Crippen molar-refractivity contribution in [1.29, 1.82) is 0 Å². The molecule has 2 aromatic rings. The van der Waals surface area contributed by atoms with Crippen molar-refractivity contribution < 1.29 is 9.21 Å². The highest BCUT2D eigenvalue weighted by atomic mass is 16.4. The fourth-order valence-electron chi connectivity index (χ4n) is 3.00. The molecule has 0 radical (unpaired) electrons. The molecule has 0 saturated carbocycles. The van der Waals surface area contributed by atoms with Crippen LogP contribution in [0.1, 0.15) is 54.7 Å². The van der Waals surface area contributed by atoms with Crippen LogP contribution < -0.4 is 0 Å². The minimum atomic E-state index is -0.127. The van der Waals surface area contributed by atoms with Gasteiger partial charge in [0, 0.05) is 12.6 Å². The van der Waals surface area contributed by atoms with E-state index in [1.54, 1.807) is 0 Å². The minimum absolute atomic E-state index is 0.117. The van der Waals surface area contributed by atoms with Crippen molar-refractivity contribution in [3.63, 3.8) is 0 Å². The average molecular weight is 299 g/mol. The largest absolute Gasteiger partial charge is 0.417 e. The first-order valence-corrected chi connectivity index (χ1v) is 7.95. The number of likely N-dealkylation sites (tertiary alicyclic amines) is 1. The van der Waals surface area contributed by atoms with Gasteiger partial charge in [-0.05, 0) is 31.2 Å². The third-order valence-electron chi connectivity index (χ3n) is 4.21. The fraction of sp³-hybridized carbons (Fsp3) is 0.471. The Kier molecular flexibility index (Phi) is 4.51. The van der Waals surface area contributed by atoms with Crippen LogP contribution in [0.25, 0.3) is 0 Å². The Morgan fingerprint density at radius 1 is 1.27 bits per heavy atom. The molecule has 1 aromatic carbocycles. The summed E-state index contributed by atoms with van der Waals surface area (Å²) in [6.07, 6.45) is 4.82. The van der Waals surface area contributed by atoms with Crippen molar-refractivity contribution in [3.05, 3.63) is 47.7 Å². The standard InChI is InChI=1S/C17H21N3O2/c1-2-14-10-6-7-11-20(14)17(21)16-19-18-15(22-16)12-13-8-4-3-5-9-13/h3-5,8-9,14H,2,6-7,10-12H2,1H3. The molecule has 5 heteroatoms. The summed E-state index contributed by atoms with van der Waals surface area (Å²) in [4.78, 5) is 14.5. The smallest absolute Gasteiger partial charge is 0.311 e. The van der Waals surface area contributed by atoms with E-state index in [1.807, 2.05) is 35.2 Å². The van der Waals surface area contributed by atoms with Gasteiger partial charge in [-0.15, -0.1) is 10.2 Å². The second-order valence-corrected chi connectivity index (χ2v) is 5.72. The van der Waals surface area contributed by atoms with Gasteiger partial charge in [-0.3, -0.25) is 4.79 Å². The lowest BCUT2D eigenvalue weighted by Gasteiger charge is -2.34. The third kappa shape index (κ3) is 3.18. The molecule has 0 spiro atoms. The summed E-state index contributed by atoms with van der Waals surface area (Å²) in [6.45, 7) is 2.90. The van der Waals surface area contributed by atoms with Gasteiger partial charge in [-0.25, -0.2) is 0 Å². The lowest BCUT2D eigenvalue weighted by atomic mass is 10.00. The van der Waals surface area contributed by atoms with Crippen LogP contribution in [-0.4, -0.2) is 33.6 Å². The highest BCUT2D eigenvalue weighted by Gasteiger charge is 2.29. The van der Waals surface area contributed by atoms with Crippen molar-refractivity contribution in [2.75, 3.05) is 6.54 Å². The predicted octanol–water partition coefficient (Wildman–Crippen LogP) is 3.07. The fourth-order valence-corrected chi connectivity index (χ4v) is 3.00. The van der Waals surface area contributed by atoms with E-state index in [4.69, 9.17) is 4.42 Å². The molecule has 3 rings (SSSR count). The van der Waals surface area contributed by atoms with Crippen LogP contribution in [0.4, 0.5) is 0 Å². The second kappa shape index (κ2) is 6.73. The molecule has 116 valence electrons. The van der Waals surface area contributed by atoms with Gasteiger partial charge in [0.15, 0.2) is 0 Å².